The van der Waals surface area contributed by atoms with E-state index in [0.29, 0.717) is 31.7 Å². The van der Waals surface area contributed by atoms with Crippen LogP contribution >= 0.6 is 0 Å². The van der Waals surface area contributed by atoms with Crippen LogP contribution in [0, 0.1) is 5.92 Å². The van der Waals surface area contributed by atoms with Crippen molar-refractivity contribution in [3.8, 4) is 0 Å². The Hall–Kier alpha value is -1.91. The van der Waals surface area contributed by atoms with Crippen LogP contribution < -0.4 is 0 Å². The third-order valence-electron chi connectivity index (χ3n) is 4.26. The van der Waals surface area contributed by atoms with E-state index in [1.54, 1.807) is 24.5 Å². The summed E-state index contributed by atoms with van der Waals surface area (Å²) in [6.07, 6.45) is 6.51. The first-order valence-corrected chi connectivity index (χ1v) is 7.24. The van der Waals surface area contributed by atoms with Crippen LogP contribution in [-0.2, 0) is 4.79 Å². The average Bonchev–Trinajstić information content (AvgIpc) is 2.46. The summed E-state index contributed by atoms with van der Waals surface area (Å²) in [5.74, 6) is 0.563. The molecular formula is C15H19N3O2. The average molecular weight is 273 g/mol. The topological polar surface area (TPSA) is 53.5 Å². The lowest BCUT2D eigenvalue weighted by Gasteiger charge is -2.38. The molecule has 1 aromatic heterocycles. The molecule has 0 spiro atoms. The van der Waals surface area contributed by atoms with E-state index in [2.05, 4.69) is 4.98 Å². The minimum Gasteiger partial charge on any atom is -0.339 e. The fourth-order valence-electron chi connectivity index (χ4n) is 2.72. The van der Waals surface area contributed by atoms with E-state index in [4.69, 9.17) is 0 Å². The van der Waals surface area contributed by atoms with Gasteiger partial charge in [0.25, 0.3) is 5.91 Å². The third-order valence-corrected chi connectivity index (χ3v) is 4.26. The van der Waals surface area contributed by atoms with Crippen molar-refractivity contribution >= 4 is 11.8 Å². The van der Waals surface area contributed by atoms with E-state index in [0.717, 1.165) is 12.8 Å². The maximum atomic E-state index is 12.3. The molecule has 2 amide bonds. The fourth-order valence-corrected chi connectivity index (χ4v) is 2.72. The minimum absolute atomic E-state index is 0.0307. The molecule has 1 aliphatic carbocycles. The molecule has 1 aliphatic heterocycles. The highest BCUT2D eigenvalue weighted by molar-refractivity contribution is 5.94. The summed E-state index contributed by atoms with van der Waals surface area (Å²) in [4.78, 5) is 32.1. The van der Waals surface area contributed by atoms with Crippen LogP contribution in [0.15, 0.2) is 24.5 Å². The number of hydrogen-bond acceptors (Lipinski definition) is 3. The van der Waals surface area contributed by atoms with Crippen LogP contribution in [0.1, 0.15) is 29.6 Å². The highest BCUT2D eigenvalue weighted by Gasteiger charge is 2.32. The van der Waals surface area contributed by atoms with E-state index >= 15 is 0 Å². The van der Waals surface area contributed by atoms with Crippen molar-refractivity contribution in [3.63, 3.8) is 0 Å². The molecule has 2 heterocycles. The number of carbonyl (C=O) groups is 2. The number of nitrogens with zero attached hydrogens (tertiary/aromatic N) is 3. The third kappa shape index (κ3) is 2.53. The second-order valence-electron chi connectivity index (χ2n) is 5.48. The van der Waals surface area contributed by atoms with Gasteiger partial charge in [-0.2, -0.15) is 0 Å². The van der Waals surface area contributed by atoms with Gasteiger partial charge in [0, 0.05) is 50.1 Å². The Morgan fingerprint density at radius 1 is 1.00 bits per heavy atom. The first kappa shape index (κ1) is 13.1. The van der Waals surface area contributed by atoms with E-state index in [-0.39, 0.29) is 17.7 Å². The second kappa shape index (κ2) is 5.61. The maximum absolute atomic E-state index is 12.3. The van der Waals surface area contributed by atoms with Gasteiger partial charge in [-0.25, -0.2) is 0 Å². The first-order valence-electron chi connectivity index (χ1n) is 7.24. The summed E-state index contributed by atoms with van der Waals surface area (Å²) in [7, 11) is 0. The zero-order valence-corrected chi connectivity index (χ0v) is 11.5. The van der Waals surface area contributed by atoms with Gasteiger partial charge in [-0.3, -0.25) is 14.6 Å². The Morgan fingerprint density at radius 3 is 2.15 bits per heavy atom. The van der Waals surface area contributed by atoms with Crippen molar-refractivity contribution in [1.29, 1.82) is 0 Å². The van der Waals surface area contributed by atoms with E-state index in [1.165, 1.54) is 6.42 Å². The maximum Gasteiger partial charge on any atom is 0.254 e. The number of aromatic nitrogens is 1. The highest BCUT2D eigenvalue weighted by Crippen LogP contribution is 2.28. The number of hydrogen-bond donors (Lipinski definition) is 0. The zero-order chi connectivity index (χ0) is 13.9. The summed E-state index contributed by atoms with van der Waals surface area (Å²) < 4.78 is 0. The van der Waals surface area contributed by atoms with Crippen LogP contribution in [-0.4, -0.2) is 52.8 Å². The van der Waals surface area contributed by atoms with Crippen molar-refractivity contribution in [3.05, 3.63) is 30.1 Å². The number of piperazine rings is 1. The van der Waals surface area contributed by atoms with Gasteiger partial charge >= 0.3 is 0 Å². The second-order valence-corrected chi connectivity index (χ2v) is 5.48. The summed E-state index contributed by atoms with van der Waals surface area (Å²) in [5.41, 5.74) is 0.666. The van der Waals surface area contributed by atoms with Crippen LogP contribution in [0.25, 0.3) is 0 Å². The molecule has 2 fully saturated rings. The monoisotopic (exact) mass is 273 g/mol. The Kier molecular flexibility index (Phi) is 3.67. The molecule has 5 heteroatoms. The van der Waals surface area contributed by atoms with Crippen LogP contribution in [0.5, 0.6) is 0 Å². The lowest BCUT2D eigenvalue weighted by Crippen LogP contribution is -2.52. The molecule has 0 aromatic carbocycles. The SMILES string of the molecule is O=C(c1ccncc1)N1CCN(C(=O)C2CCC2)CC1. The molecule has 1 saturated carbocycles. The standard InChI is InChI=1S/C15H19N3O2/c19-14(12-2-1-3-12)17-8-10-18(11-9-17)15(20)13-4-6-16-7-5-13/h4-7,12H,1-3,8-11H2. The van der Waals surface area contributed by atoms with Gasteiger partial charge < -0.3 is 9.80 Å². The summed E-state index contributed by atoms with van der Waals surface area (Å²) in [5, 5.41) is 0. The number of pyridine rings is 1. The van der Waals surface area contributed by atoms with Crippen LogP contribution in [0.4, 0.5) is 0 Å². The zero-order valence-electron chi connectivity index (χ0n) is 11.5. The number of amides is 2. The molecule has 1 saturated heterocycles. The molecule has 3 rings (SSSR count). The lowest BCUT2D eigenvalue weighted by atomic mass is 9.84. The Labute approximate surface area is 118 Å². The Balaban J connectivity index is 1.55. The smallest absolute Gasteiger partial charge is 0.254 e. The largest absolute Gasteiger partial charge is 0.339 e. The molecule has 0 radical (unpaired) electrons. The van der Waals surface area contributed by atoms with E-state index < -0.39 is 0 Å². The molecule has 0 N–H and O–H groups in total. The van der Waals surface area contributed by atoms with Crippen molar-refractivity contribution in [2.75, 3.05) is 26.2 Å². The highest BCUT2D eigenvalue weighted by atomic mass is 16.2. The Bertz CT molecular complexity index is 491. The van der Waals surface area contributed by atoms with E-state index in [1.807, 2.05) is 9.80 Å². The predicted molar refractivity (Wildman–Crippen MR) is 74.1 cm³/mol. The van der Waals surface area contributed by atoms with Gasteiger partial charge in [0.05, 0.1) is 0 Å². The number of rotatable bonds is 2. The quantitative estimate of drug-likeness (QED) is 0.812. The summed E-state index contributed by atoms with van der Waals surface area (Å²) >= 11 is 0. The van der Waals surface area contributed by atoms with Gasteiger partial charge in [-0.05, 0) is 25.0 Å². The molecule has 106 valence electrons. The Morgan fingerprint density at radius 2 is 1.60 bits per heavy atom. The molecule has 0 unspecified atom stereocenters. The van der Waals surface area contributed by atoms with Crippen LogP contribution in [0.2, 0.25) is 0 Å². The van der Waals surface area contributed by atoms with Gasteiger partial charge in [-0.15, -0.1) is 0 Å². The van der Waals surface area contributed by atoms with Crippen molar-refractivity contribution in [2.24, 2.45) is 5.92 Å². The predicted octanol–water partition coefficient (Wildman–Crippen LogP) is 1.17. The molecule has 2 aliphatic rings. The molecule has 1 aromatic rings. The van der Waals surface area contributed by atoms with Gasteiger partial charge in [0.15, 0.2) is 0 Å². The van der Waals surface area contributed by atoms with Crippen LogP contribution in [0.3, 0.4) is 0 Å². The van der Waals surface area contributed by atoms with Gasteiger partial charge in [0.1, 0.15) is 0 Å². The molecule has 5 nitrogen and oxygen atoms in total. The van der Waals surface area contributed by atoms with Gasteiger partial charge in [0.2, 0.25) is 5.91 Å². The summed E-state index contributed by atoms with van der Waals surface area (Å²) in [6, 6.07) is 3.46. The summed E-state index contributed by atoms with van der Waals surface area (Å²) in [6.45, 7) is 2.57. The lowest BCUT2D eigenvalue weighted by molar-refractivity contribution is -0.139. The molecule has 0 bridgehead atoms. The normalized spacial score (nSPS) is 19.6. The first-order chi connectivity index (χ1) is 9.75. The number of carbonyl (C=O) groups excluding carboxylic acids is 2. The van der Waals surface area contributed by atoms with Crippen molar-refractivity contribution in [2.45, 2.75) is 19.3 Å². The minimum atomic E-state index is 0.0307. The molecular weight excluding hydrogens is 254 g/mol. The van der Waals surface area contributed by atoms with Crippen molar-refractivity contribution < 1.29 is 9.59 Å². The van der Waals surface area contributed by atoms with Gasteiger partial charge in [-0.1, -0.05) is 6.42 Å². The van der Waals surface area contributed by atoms with E-state index in [9.17, 15) is 9.59 Å². The fraction of sp³-hybridized carbons (Fsp3) is 0.533. The van der Waals surface area contributed by atoms with Crippen molar-refractivity contribution in [1.82, 2.24) is 14.8 Å². The molecule has 0 atom stereocenters. The molecule has 20 heavy (non-hydrogen) atoms.